The molecule has 13 heavy (non-hydrogen) atoms. The van der Waals surface area contributed by atoms with E-state index in [2.05, 4.69) is 22.1 Å². The topological polar surface area (TPSA) is 28.2 Å². The Morgan fingerprint density at radius 2 is 2.15 bits per heavy atom. The molecule has 0 aliphatic carbocycles. The number of rotatable bonds is 4. The Hall–Kier alpha value is -0.610. The molecule has 0 aliphatic heterocycles. The van der Waals surface area contributed by atoms with Crippen LogP contribution in [-0.2, 0) is 6.42 Å². The Morgan fingerprint density at radius 3 is 2.62 bits per heavy atom. The average molecular weight is 199 g/mol. The molecular formula is C9H17N3S. The first-order chi connectivity index (χ1) is 6.15. The van der Waals surface area contributed by atoms with E-state index in [4.69, 9.17) is 0 Å². The SMILES string of the molecule is CNCCc1sc(N(C)C)nc1C. The molecule has 1 heterocycles. The van der Waals surface area contributed by atoms with E-state index in [1.165, 1.54) is 10.6 Å². The first-order valence-electron chi connectivity index (χ1n) is 4.43. The van der Waals surface area contributed by atoms with Crippen molar-refractivity contribution in [2.24, 2.45) is 0 Å². The van der Waals surface area contributed by atoms with Gasteiger partial charge in [0.25, 0.3) is 0 Å². The normalized spacial score (nSPS) is 10.5. The summed E-state index contributed by atoms with van der Waals surface area (Å²) in [6.45, 7) is 3.10. The zero-order valence-electron chi connectivity index (χ0n) is 8.72. The van der Waals surface area contributed by atoms with Crippen LogP contribution < -0.4 is 10.2 Å². The fraction of sp³-hybridized carbons (Fsp3) is 0.667. The van der Waals surface area contributed by atoms with Crippen LogP contribution >= 0.6 is 11.3 Å². The van der Waals surface area contributed by atoms with Gasteiger partial charge in [-0.3, -0.25) is 0 Å². The van der Waals surface area contributed by atoms with Crippen molar-refractivity contribution in [2.75, 3.05) is 32.6 Å². The molecule has 1 aromatic heterocycles. The maximum Gasteiger partial charge on any atom is 0.185 e. The highest BCUT2D eigenvalue weighted by atomic mass is 32.1. The molecular weight excluding hydrogens is 182 g/mol. The molecule has 0 amide bonds. The minimum Gasteiger partial charge on any atom is -0.354 e. The zero-order valence-corrected chi connectivity index (χ0v) is 9.53. The van der Waals surface area contributed by atoms with Gasteiger partial charge >= 0.3 is 0 Å². The second-order valence-electron chi connectivity index (χ2n) is 3.25. The molecule has 0 fully saturated rings. The van der Waals surface area contributed by atoms with Gasteiger partial charge in [0.05, 0.1) is 5.69 Å². The van der Waals surface area contributed by atoms with Crippen LogP contribution in [0.4, 0.5) is 5.13 Å². The second kappa shape index (κ2) is 4.58. The van der Waals surface area contributed by atoms with Crippen molar-refractivity contribution in [1.82, 2.24) is 10.3 Å². The van der Waals surface area contributed by atoms with Crippen molar-refractivity contribution in [3.05, 3.63) is 10.6 Å². The first kappa shape index (κ1) is 10.5. The number of anilines is 1. The Kier molecular flexibility index (Phi) is 3.69. The van der Waals surface area contributed by atoms with E-state index in [-0.39, 0.29) is 0 Å². The van der Waals surface area contributed by atoms with Gasteiger partial charge in [0.2, 0.25) is 0 Å². The Morgan fingerprint density at radius 1 is 1.46 bits per heavy atom. The summed E-state index contributed by atoms with van der Waals surface area (Å²) in [4.78, 5) is 7.92. The first-order valence-corrected chi connectivity index (χ1v) is 5.25. The number of nitrogens with zero attached hydrogens (tertiary/aromatic N) is 2. The summed E-state index contributed by atoms with van der Waals surface area (Å²) < 4.78 is 0. The van der Waals surface area contributed by atoms with Gasteiger partial charge < -0.3 is 10.2 Å². The van der Waals surface area contributed by atoms with E-state index < -0.39 is 0 Å². The molecule has 0 aromatic carbocycles. The van der Waals surface area contributed by atoms with Gasteiger partial charge in [-0.1, -0.05) is 0 Å². The van der Waals surface area contributed by atoms with E-state index in [0.717, 1.165) is 18.1 Å². The van der Waals surface area contributed by atoms with Gasteiger partial charge in [-0.15, -0.1) is 11.3 Å². The summed E-state index contributed by atoms with van der Waals surface area (Å²) in [5.74, 6) is 0. The van der Waals surface area contributed by atoms with Crippen LogP contribution in [0.3, 0.4) is 0 Å². The lowest BCUT2D eigenvalue weighted by Gasteiger charge is -2.05. The molecule has 0 saturated heterocycles. The third kappa shape index (κ3) is 2.67. The molecule has 0 radical (unpaired) electrons. The van der Waals surface area contributed by atoms with E-state index >= 15 is 0 Å². The molecule has 1 N–H and O–H groups in total. The second-order valence-corrected chi connectivity index (χ2v) is 4.32. The fourth-order valence-electron chi connectivity index (χ4n) is 1.07. The van der Waals surface area contributed by atoms with Crippen LogP contribution in [0.1, 0.15) is 10.6 Å². The zero-order chi connectivity index (χ0) is 9.84. The van der Waals surface area contributed by atoms with E-state index in [0.29, 0.717) is 0 Å². The highest BCUT2D eigenvalue weighted by molar-refractivity contribution is 7.15. The van der Waals surface area contributed by atoms with Gasteiger partial charge in [-0.25, -0.2) is 4.98 Å². The molecule has 0 bridgehead atoms. The van der Waals surface area contributed by atoms with Crippen molar-refractivity contribution >= 4 is 16.5 Å². The lowest BCUT2D eigenvalue weighted by atomic mass is 10.3. The largest absolute Gasteiger partial charge is 0.354 e. The smallest absolute Gasteiger partial charge is 0.185 e. The molecule has 0 saturated carbocycles. The number of likely N-dealkylation sites (N-methyl/N-ethyl adjacent to an activating group) is 1. The monoisotopic (exact) mass is 199 g/mol. The van der Waals surface area contributed by atoms with Gasteiger partial charge in [0.1, 0.15) is 0 Å². The number of hydrogen-bond acceptors (Lipinski definition) is 4. The number of hydrogen-bond donors (Lipinski definition) is 1. The van der Waals surface area contributed by atoms with Crippen LogP contribution in [-0.4, -0.2) is 32.7 Å². The minimum absolute atomic E-state index is 1.02. The number of nitrogens with one attached hydrogen (secondary N) is 1. The number of aromatic nitrogens is 1. The Balaban J connectivity index is 2.71. The van der Waals surface area contributed by atoms with Crippen molar-refractivity contribution in [1.29, 1.82) is 0 Å². The van der Waals surface area contributed by atoms with Crippen LogP contribution in [0.15, 0.2) is 0 Å². The highest BCUT2D eigenvalue weighted by Crippen LogP contribution is 2.24. The van der Waals surface area contributed by atoms with Crippen LogP contribution in [0.5, 0.6) is 0 Å². The third-order valence-corrected chi connectivity index (χ3v) is 3.25. The predicted octanol–water partition coefficient (Wildman–Crippen LogP) is 1.28. The summed E-state index contributed by atoms with van der Waals surface area (Å²) in [6, 6.07) is 0. The number of thiazole rings is 1. The summed E-state index contributed by atoms with van der Waals surface area (Å²) in [5, 5.41) is 4.25. The lowest BCUT2D eigenvalue weighted by Crippen LogP contribution is -2.09. The maximum atomic E-state index is 4.48. The fourth-order valence-corrected chi connectivity index (χ4v) is 2.06. The average Bonchev–Trinajstić information content (AvgIpc) is 2.44. The van der Waals surface area contributed by atoms with E-state index in [1.54, 1.807) is 11.3 Å². The summed E-state index contributed by atoms with van der Waals surface area (Å²) in [6.07, 6.45) is 1.08. The Bertz CT molecular complexity index is 268. The van der Waals surface area contributed by atoms with E-state index in [9.17, 15) is 0 Å². The van der Waals surface area contributed by atoms with E-state index in [1.807, 2.05) is 21.1 Å². The molecule has 1 aromatic rings. The summed E-state index contributed by atoms with van der Waals surface area (Å²) in [5.41, 5.74) is 1.17. The third-order valence-electron chi connectivity index (χ3n) is 1.87. The predicted molar refractivity (Wildman–Crippen MR) is 58.8 cm³/mol. The van der Waals surface area contributed by atoms with Crippen LogP contribution in [0, 0.1) is 6.92 Å². The molecule has 0 unspecified atom stereocenters. The Labute approximate surface area is 83.8 Å². The summed E-state index contributed by atoms with van der Waals surface area (Å²) in [7, 11) is 6.03. The van der Waals surface area contributed by atoms with Crippen molar-refractivity contribution < 1.29 is 0 Å². The van der Waals surface area contributed by atoms with Crippen LogP contribution in [0.25, 0.3) is 0 Å². The van der Waals surface area contributed by atoms with Crippen molar-refractivity contribution in [3.63, 3.8) is 0 Å². The molecule has 0 aliphatic rings. The molecule has 3 nitrogen and oxygen atoms in total. The molecule has 1 rings (SSSR count). The van der Waals surface area contributed by atoms with Gasteiger partial charge in [-0.2, -0.15) is 0 Å². The van der Waals surface area contributed by atoms with Crippen molar-refractivity contribution in [3.8, 4) is 0 Å². The lowest BCUT2D eigenvalue weighted by molar-refractivity contribution is 0.794. The molecule has 0 atom stereocenters. The van der Waals surface area contributed by atoms with Crippen molar-refractivity contribution in [2.45, 2.75) is 13.3 Å². The molecule has 4 heteroatoms. The molecule has 74 valence electrons. The summed E-state index contributed by atoms with van der Waals surface area (Å²) >= 11 is 1.78. The van der Waals surface area contributed by atoms with Gasteiger partial charge in [0.15, 0.2) is 5.13 Å². The minimum atomic E-state index is 1.02. The van der Waals surface area contributed by atoms with Gasteiger partial charge in [0, 0.05) is 19.0 Å². The van der Waals surface area contributed by atoms with Gasteiger partial charge in [-0.05, 0) is 26.9 Å². The van der Waals surface area contributed by atoms with Crippen LogP contribution in [0.2, 0.25) is 0 Å². The quantitative estimate of drug-likeness (QED) is 0.792. The maximum absolute atomic E-state index is 4.48. The molecule has 0 spiro atoms. The standard InChI is InChI=1S/C9H17N3S/c1-7-8(5-6-10-2)13-9(11-7)12(3)4/h10H,5-6H2,1-4H3. The number of aryl methyl sites for hydroxylation is 1. The highest BCUT2D eigenvalue weighted by Gasteiger charge is 2.07.